The fourth-order valence-corrected chi connectivity index (χ4v) is 4.53. The molecule has 1 amide bonds. The van der Waals surface area contributed by atoms with Crippen LogP contribution < -0.4 is 10.0 Å². The molecular formula is C17H16ClN3O3S2. The highest BCUT2D eigenvalue weighted by Crippen LogP contribution is 2.24. The smallest absolute Gasteiger partial charge is 0.242 e. The van der Waals surface area contributed by atoms with Gasteiger partial charge in [-0.15, -0.1) is 11.3 Å². The predicted octanol–water partition coefficient (Wildman–Crippen LogP) is 3.56. The Hall–Kier alpha value is -2.00. The molecule has 0 aliphatic heterocycles. The molecule has 0 saturated carbocycles. The molecule has 26 heavy (non-hydrogen) atoms. The van der Waals surface area contributed by atoms with Crippen LogP contribution in [0.25, 0.3) is 10.2 Å². The van der Waals surface area contributed by atoms with Crippen molar-refractivity contribution < 1.29 is 13.2 Å². The number of anilines is 1. The molecule has 0 aliphatic carbocycles. The van der Waals surface area contributed by atoms with Crippen molar-refractivity contribution in [1.29, 1.82) is 0 Å². The first-order valence-corrected chi connectivity index (χ1v) is 10.4. The van der Waals surface area contributed by atoms with Gasteiger partial charge < -0.3 is 5.32 Å². The van der Waals surface area contributed by atoms with Crippen molar-refractivity contribution in [2.24, 2.45) is 0 Å². The number of hydrogen-bond donors (Lipinski definition) is 2. The zero-order valence-corrected chi connectivity index (χ0v) is 16.4. The van der Waals surface area contributed by atoms with Gasteiger partial charge in [-0.2, -0.15) is 4.72 Å². The van der Waals surface area contributed by atoms with E-state index in [2.05, 4.69) is 15.0 Å². The van der Waals surface area contributed by atoms with E-state index in [4.69, 9.17) is 11.6 Å². The number of carbonyl (C=O) groups excluding carboxylic acids is 1. The number of rotatable bonds is 5. The van der Waals surface area contributed by atoms with E-state index in [-0.39, 0.29) is 4.90 Å². The van der Waals surface area contributed by atoms with E-state index >= 15 is 0 Å². The number of thiazole rings is 1. The molecule has 0 spiro atoms. The van der Waals surface area contributed by atoms with Gasteiger partial charge in [-0.3, -0.25) is 4.79 Å². The fourth-order valence-electron chi connectivity index (χ4n) is 2.34. The average Bonchev–Trinajstić information content (AvgIpc) is 2.94. The van der Waals surface area contributed by atoms with E-state index in [0.29, 0.717) is 10.7 Å². The molecule has 0 fully saturated rings. The van der Waals surface area contributed by atoms with E-state index in [1.165, 1.54) is 42.5 Å². The van der Waals surface area contributed by atoms with Crippen LogP contribution in [-0.2, 0) is 14.8 Å². The van der Waals surface area contributed by atoms with Crippen LogP contribution in [0.3, 0.4) is 0 Å². The molecule has 1 unspecified atom stereocenters. The molecule has 0 aliphatic rings. The first-order valence-electron chi connectivity index (χ1n) is 7.70. The van der Waals surface area contributed by atoms with Gasteiger partial charge in [0.05, 0.1) is 26.2 Å². The third-order valence-corrected chi connectivity index (χ3v) is 6.35. The Morgan fingerprint density at radius 1 is 1.19 bits per heavy atom. The molecule has 3 aromatic rings. The Morgan fingerprint density at radius 2 is 1.88 bits per heavy atom. The van der Waals surface area contributed by atoms with Crippen LogP contribution in [0.1, 0.15) is 11.9 Å². The molecule has 2 aromatic carbocycles. The molecule has 1 heterocycles. The summed E-state index contributed by atoms with van der Waals surface area (Å²) < 4.78 is 28.0. The molecule has 3 rings (SSSR count). The molecule has 1 aromatic heterocycles. The first-order chi connectivity index (χ1) is 12.2. The second kappa shape index (κ2) is 7.32. The minimum Gasteiger partial charge on any atom is -0.325 e. The molecule has 0 radical (unpaired) electrons. The van der Waals surface area contributed by atoms with Gasteiger partial charge >= 0.3 is 0 Å². The summed E-state index contributed by atoms with van der Waals surface area (Å²) in [5, 5.41) is 4.09. The Balaban J connectivity index is 1.71. The minimum absolute atomic E-state index is 0.0445. The van der Waals surface area contributed by atoms with Crippen molar-refractivity contribution in [3.05, 3.63) is 52.5 Å². The third kappa shape index (κ3) is 4.21. The van der Waals surface area contributed by atoms with Crippen LogP contribution in [0.15, 0.2) is 47.4 Å². The maximum atomic E-state index is 12.3. The molecule has 0 saturated heterocycles. The lowest BCUT2D eigenvalue weighted by Gasteiger charge is -2.14. The van der Waals surface area contributed by atoms with Crippen molar-refractivity contribution in [3.8, 4) is 0 Å². The van der Waals surface area contributed by atoms with Crippen LogP contribution in [0.4, 0.5) is 5.69 Å². The minimum atomic E-state index is -3.82. The van der Waals surface area contributed by atoms with E-state index < -0.39 is 22.0 Å². The van der Waals surface area contributed by atoms with Gasteiger partial charge in [0, 0.05) is 10.7 Å². The Bertz CT molecular complexity index is 1060. The van der Waals surface area contributed by atoms with Gasteiger partial charge in [-0.05, 0) is 56.3 Å². The molecule has 2 N–H and O–H groups in total. The Kier molecular flexibility index (Phi) is 5.29. The number of hydrogen-bond acceptors (Lipinski definition) is 5. The lowest BCUT2D eigenvalue weighted by atomic mass is 10.2. The third-order valence-electron chi connectivity index (χ3n) is 3.61. The van der Waals surface area contributed by atoms with E-state index in [9.17, 15) is 13.2 Å². The quantitative estimate of drug-likeness (QED) is 0.674. The standard InChI is InChI=1S/C17H16ClN3O3S2/c1-10(21-26(23,24)14-6-3-12(18)4-7-14)17(22)20-13-5-8-15-16(9-13)25-11(2)19-15/h3-10,21H,1-2H3,(H,20,22). The molecule has 136 valence electrons. The normalized spacial score (nSPS) is 12.9. The summed E-state index contributed by atoms with van der Waals surface area (Å²) in [5.74, 6) is -0.455. The number of amides is 1. The van der Waals surface area contributed by atoms with Gasteiger partial charge in [0.2, 0.25) is 15.9 Å². The zero-order chi connectivity index (χ0) is 18.9. The van der Waals surface area contributed by atoms with E-state index in [1.54, 1.807) is 6.07 Å². The maximum Gasteiger partial charge on any atom is 0.242 e. The van der Waals surface area contributed by atoms with Crippen molar-refractivity contribution in [2.75, 3.05) is 5.32 Å². The molecule has 9 heteroatoms. The van der Waals surface area contributed by atoms with Crippen LogP contribution in [-0.4, -0.2) is 25.4 Å². The highest BCUT2D eigenvalue weighted by Gasteiger charge is 2.22. The van der Waals surface area contributed by atoms with Crippen LogP contribution >= 0.6 is 22.9 Å². The van der Waals surface area contributed by atoms with E-state index in [0.717, 1.165) is 15.2 Å². The Labute approximate surface area is 160 Å². The number of fused-ring (bicyclic) bond motifs is 1. The zero-order valence-electron chi connectivity index (χ0n) is 14.0. The predicted molar refractivity (Wildman–Crippen MR) is 104 cm³/mol. The number of nitrogens with one attached hydrogen (secondary N) is 2. The molecule has 1 atom stereocenters. The maximum absolute atomic E-state index is 12.3. The largest absolute Gasteiger partial charge is 0.325 e. The summed E-state index contributed by atoms with van der Waals surface area (Å²) in [4.78, 5) is 16.8. The van der Waals surface area contributed by atoms with Gasteiger partial charge in [0.15, 0.2) is 0 Å². The Morgan fingerprint density at radius 3 is 2.58 bits per heavy atom. The first kappa shape index (κ1) is 18.8. The number of sulfonamides is 1. The van der Waals surface area contributed by atoms with Gasteiger partial charge in [0.1, 0.15) is 0 Å². The lowest BCUT2D eigenvalue weighted by Crippen LogP contribution is -2.41. The molecule has 0 bridgehead atoms. The average molecular weight is 410 g/mol. The number of aryl methyl sites for hydroxylation is 1. The molecule has 6 nitrogen and oxygen atoms in total. The summed E-state index contributed by atoms with van der Waals surface area (Å²) >= 11 is 7.29. The van der Waals surface area contributed by atoms with Crippen molar-refractivity contribution in [3.63, 3.8) is 0 Å². The van der Waals surface area contributed by atoms with Crippen molar-refractivity contribution >= 4 is 54.8 Å². The van der Waals surface area contributed by atoms with Gasteiger partial charge in [-0.25, -0.2) is 13.4 Å². The second-order valence-corrected chi connectivity index (χ2v) is 9.09. The van der Waals surface area contributed by atoms with Crippen molar-refractivity contribution in [1.82, 2.24) is 9.71 Å². The summed E-state index contributed by atoms with van der Waals surface area (Å²) in [6.45, 7) is 3.40. The van der Waals surface area contributed by atoms with Crippen LogP contribution in [0.2, 0.25) is 5.02 Å². The number of halogens is 1. The highest BCUT2D eigenvalue weighted by atomic mass is 35.5. The number of carbonyl (C=O) groups is 1. The highest BCUT2D eigenvalue weighted by molar-refractivity contribution is 7.89. The van der Waals surface area contributed by atoms with Crippen molar-refractivity contribution in [2.45, 2.75) is 24.8 Å². The SMILES string of the molecule is Cc1nc2ccc(NC(=O)C(C)NS(=O)(=O)c3ccc(Cl)cc3)cc2s1. The molecular weight excluding hydrogens is 394 g/mol. The fraction of sp³-hybridized carbons (Fsp3) is 0.176. The summed E-state index contributed by atoms with van der Waals surface area (Å²) in [6, 6.07) is 10.1. The topological polar surface area (TPSA) is 88.2 Å². The van der Waals surface area contributed by atoms with Gasteiger partial charge in [-0.1, -0.05) is 11.6 Å². The van der Waals surface area contributed by atoms with Crippen LogP contribution in [0, 0.1) is 6.92 Å². The summed E-state index contributed by atoms with van der Waals surface area (Å²) in [6.07, 6.45) is 0. The summed E-state index contributed by atoms with van der Waals surface area (Å²) in [7, 11) is -3.82. The summed E-state index contributed by atoms with van der Waals surface area (Å²) in [5.41, 5.74) is 1.45. The monoisotopic (exact) mass is 409 g/mol. The lowest BCUT2D eigenvalue weighted by molar-refractivity contribution is -0.117. The van der Waals surface area contributed by atoms with E-state index in [1.807, 2.05) is 19.1 Å². The number of benzene rings is 2. The number of nitrogens with zero attached hydrogens (tertiary/aromatic N) is 1. The van der Waals surface area contributed by atoms with Crippen LogP contribution in [0.5, 0.6) is 0 Å². The van der Waals surface area contributed by atoms with Gasteiger partial charge in [0.25, 0.3) is 0 Å². The number of aromatic nitrogens is 1. The second-order valence-electron chi connectivity index (χ2n) is 5.70.